The number of halogens is 4. The topological polar surface area (TPSA) is 43.1 Å². The molecule has 104 valence electrons. The number of hydrogen-bond donors (Lipinski definition) is 1. The Balaban J connectivity index is 2.52. The lowest BCUT2D eigenvalue weighted by Crippen LogP contribution is -2.16. The maximum absolute atomic E-state index is 13.8. The van der Waals surface area contributed by atoms with Crippen LogP contribution in [-0.2, 0) is 6.42 Å². The Morgan fingerprint density at radius 3 is 2.40 bits per heavy atom. The summed E-state index contributed by atoms with van der Waals surface area (Å²) in [4.78, 5) is 11.3. The lowest BCUT2D eigenvalue weighted by Gasteiger charge is -2.10. The standard InChI is InChI=1S/C14H9F3INO/c15-11-4-3-9(14(19)20)10(13(11)17)5-7-1-2-8(18)6-12(7)16/h1-4,6H,5H2,(H2,19,20). The molecule has 2 rings (SSSR count). The van der Waals surface area contributed by atoms with E-state index in [9.17, 15) is 18.0 Å². The van der Waals surface area contributed by atoms with E-state index in [2.05, 4.69) is 0 Å². The molecule has 0 saturated carbocycles. The van der Waals surface area contributed by atoms with Crippen molar-refractivity contribution in [2.24, 2.45) is 5.73 Å². The first kappa shape index (κ1) is 14.8. The average Bonchev–Trinajstić information content (AvgIpc) is 2.37. The van der Waals surface area contributed by atoms with Gasteiger partial charge in [0.1, 0.15) is 5.82 Å². The van der Waals surface area contributed by atoms with E-state index in [0.29, 0.717) is 3.57 Å². The third-order valence-corrected chi connectivity index (χ3v) is 3.51. The molecule has 0 radical (unpaired) electrons. The third-order valence-electron chi connectivity index (χ3n) is 2.84. The van der Waals surface area contributed by atoms with E-state index in [4.69, 9.17) is 5.73 Å². The van der Waals surface area contributed by atoms with E-state index in [0.717, 1.165) is 12.1 Å². The van der Waals surface area contributed by atoms with Gasteiger partial charge in [-0.2, -0.15) is 0 Å². The molecule has 0 aliphatic heterocycles. The quantitative estimate of drug-likeness (QED) is 0.802. The highest BCUT2D eigenvalue weighted by Crippen LogP contribution is 2.22. The molecule has 6 heteroatoms. The number of benzene rings is 2. The molecule has 20 heavy (non-hydrogen) atoms. The van der Waals surface area contributed by atoms with Crippen molar-refractivity contribution in [3.8, 4) is 0 Å². The smallest absolute Gasteiger partial charge is 0.249 e. The highest BCUT2D eigenvalue weighted by Gasteiger charge is 2.18. The van der Waals surface area contributed by atoms with Crippen LogP contribution in [0.15, 0.2) is 30.3 Å². The third kappa shape index (κ3) is 2.95. The predicted molar refractivity (Wildman–Crippen MR) is 76.8 cm³/mol. The van der Waals surface area contributed by atoms with Crippen molar-refractivity contribution >= 4 is 28.5 Å². The molecule has 0 aliphatic carbocycles. The Kier molecular flexibility index (Phi) is 4.32. The normalized spacial score (nSPS) is 10.6. The summed E-state index contributed by atoms with van der Waals surface area (Å²) in [5.41, 5.74) is 4.90. The number of nitrogens with two attached hydrogens (primary N) is 1. The maximum atomic E-state index is 13.8. The van der Waals surface area contributed by atoms with Crippen LogP contribution in [0.3, 0.4) is 0 Å². The van der Waals surface area contributed by atoms with Gasteiger partial charge in [0.15, 0.2) is 11.6 Å². The summed E-state index contributed by atoms with van der Waals surface area (Å²) in [5, 5.41) is 0. The van der Waals surface area contributed by atoms with Crippen molar-refractivity contribution in [2.75, 3.05) is 0 Å². The monoisotopic (exact) mass is 391 g/mol. The number of carbonyl (C=O) groups is 1. The number of carbonyl (C=O) groups excluding carboxylic acids is 1. The van der Waals surface area contributed by atoms with Crippen LogP contribution in [0, 0.1) is 21.0 Å². The lowest BCUT2D eigenvalue weighted by molar-refractivity contribution is 0.0999. The molecule has 0 aromatic heterocycles. The molecule has 2 N–H and O–H groups in total. The summed E-state index contributed by atoms with van der Waals surface area (Å²) in [7, 11) is 0. The van der Waals surface area contributed by atoms with E-state index >= 15 is 0 Å². The van der Waals surface area contributed by atoms with Gasteiger partial charge in [-0.05, 0) is 52.4 Å². The highest BCUT2D eigenvalue weighted by atomic mass is 127. The molecule has 0 bridgehead atoms. The first-order chi connectivity index (χ1) is 9.40. The van der Waals surface area contributed by atoms with E-state index in [1.807, 2.05) is 22.6 Å². The molecule has 0 atom stereocenters. The van der Waals surface area contributed by atoms with Gasteiger partial charge in [-0.1, -0.05) is 6.07 Å². The zero-order valence-corrected chi connectivity index (χ0v) is 12.2. The lowest BCUT2D eigenvalue weighted by atomic mass is 9.98. The number of amides is 1. The van der Waals surface area contributed by atoms with Crippen molar-refractivity contribution in [1.29, 1.82) is 0 Å². The minimum Gasteiger partial charge on any atom is -0.366 e. The Hall–Kier alpha value is -1.57. The summed E-state index contributed by atoms with van der Waals surface area (Å²) >= 11 is 1.93. The van der Waals surface area contributed by atoms with Crippen molar-refractivity contribution < 1.29 is 18.0 Å². The van der Waals surface area contributed by atoms with Gasteiger partial charge in [0, 0.05) is 21.1 Å². The Morgan fingerprint density at radius 1 is 1.10 bits per heavy atom. The molecule has 0 unspecified atom stereocenters. The van der Waals surface area contributed by atoms with Crippen LogP contribution in [0.1, 0.15) is 21.5 Å². The first-order valence-corrected chi connectivity index (χ1v) is 6.68. The average molecular weight is 391 g/mol. The van der Waals surface area contributed by atoms with Crippen molar-refractivity contribution in [3.63, 3.8) is 0 Å². The van der Waals surface area contributed by atoms with Crippen molar-refractivity contribution in [3.05, 3.63) is 68.0 Å². The van der Waals surface area contributed by atoms with Gasteiger partial charge in [0.2, 0.25) is 5.91 Å². The SMILES string of the molecule is NC(=O)c1ccc(F)c(F)c1Cc1ccc(I)cc1F. The van der Waals surface area contributed by atoms with Gasteiger partial charge in [-0.15, -0.1) is 0 Å². The second-order valence-corrected chi connectivity index (χ2v) is 5.41. The zero-order valence-electron chi connectivity index (χ0n) is 10.1. The van der Waals surface area contributed by atoms with E-state index in [1.54, 1.807) is 6.07 Å². The van der Waals surface area contributed by atoms with E-state index in [-0.39, 0.29) is 23.1 Å². The fourth-order valence-electron chi connectivity index (χ4n) is 1.85. The Bertz CT molecular complexity index is 688. The summed E-state index contributed by atoms with van der Waals surface area (Å²) < 4.78 is 41.5. The van der Waals surface area contributed by atoms with Crippen molar-refractivity contribution in [1.82, 2.24) is 0 Å². The van der Waals surface area contributed by atoms with Gasteiger partial charge in [-0.25, -0.2) is 13.2 Å². The molecular weight excluding hydrogens is 382 g/mol. The summed E-state index contributed by atoms with van der Waals surface area (Å²) in [6.45, 7) is 0. The first-order valence-electron chi connectivity index (χ1n) is 5.60. The highest BCUT2D eigenvalue weighted by molar-refractivity contribution is 14.1. The minimum atomic E-state index is -1.18. The molecule has 1 amide bonds. The number of primary amides is 1. The minimum absolute atomic E-state index is 0.151. The van der Waals surface area contributed by atoms with Crippen LogP contribution in [0.25, 0.3) is 0 Å². The molecule has 0 fully saturated rings. The molecule has 0 spiro atoms. The molecule has 0 saturated heterocycles. The summed E-state index contributed by atoms with van der Waals surface area (Å²) in [6, 6.07) is 6.30. The summed E-state index contributed by atoms with van der Waals surface area (Å²) in [6.07, 6.45) is -0.245. The molecule has 2 aromatic carbocycles. The van der Waals surface area contributed by atoms with Crippen LogP contribution in [0.5, 0.6) is 0 Å². The van der Waals surface area contributed by atoms with Gasteiger partial charge in [0.05, 0.1) is 0 Å². The molecule has 0 heterocycles. The molecule has 2 nitrogen and oxygen atoms in total. The van der Waals surface area contributed by atoms with Crippen molar-refractivity contribution in [2.45, 2.75) is 6.42 Å². The van der Waals surface area contributed by atoms with Gasteiger partial charge < -0.3 is 5.73 Å². The summed E-state index contributed by atoms with van der Waals surface area (Å²) in [5.74, 6) is -3.71. The zero-order chi connectivity index (χ0) is 14.9. The van der Waals surface area contributed by atoms with Crippen LogP contribution >= 0.6 is 22.6 Å². The van der Waals surface area contributed by atoms with Crippen LogP contribution in [0.4, 0.5) is 13.2 Å². The fourth-order valence-corrected chi connectivity index (χ4v) is 2.31. The van der Waals surface area contributed by atoms with Crippen LogP contribution in [0.2, 0.25) is 0 Å². The van der Waals surface area contributed by atoms with Crippen LogP contribution in [-0.4, -0.2) is 5.91 Å². The molecular formula is C14H9F3INO. The number of hydrogen-bond acceptors (Lipinski definition) is 1. The fraction of sp³-hybridized carbons (Fsp3) is 0.0714. The van der Waals surface area contributed by atoms with Gasteiger partial charge in [0.25, 0.3) is 0 Å². The Labute approximate surface area is 126 Å². The number of rotatable bonds is 3. The van der Waals surface area contributed by atoms with Gasteiger partial charge >= 0.3 is 0 Å². The van der Waals surface area contributed by atoms with Gasteiger partial charge in [-0.3, -0.25) is 4.79 Å². The largest absolute Gasteiger partial charge is 0.366 e. The molecule has 0 aliphatic rings. The van der Waals surface area contributed by atoms with E-state index < -0.39 is 23.4 Å². The Morgan fingerprint density at radius 2 is 1.80 bits per heavy atom. The maximum Gasteiger partial charge on any atom is 0.249 e. The second kappa shape index (κ2) is 5.82. The molecule has 2 aromatic rings. The second-order valence-electron chi connectivity index (χ2n) is 4.16. The van der Waals surface area contributed by atoms with E-state index in [1.165, 1.54) is 12.1 Å². The predicted octanol–water partition coefficient (Wildman–Crippen LogP) is 3.40. The van der Waals surface area contributed by atoms with Crippen LogP contribution < -0.4 is 5.73 Å².